The number of nitrogens with one attached hydrogen (secondary N) is 1. The number of halogens is 1. The molecule has 0 aliphatic heterocycles. The van der Waals surface area contributed by atoms with Gasteiger partial charge < -0.3 is 10.1 Å². The molecule has 0 unspecified atom stereocenters. The third kappa shape index (κ3) is 4.63. The summed E-state index contributed by atoms with van der Waals surface area (Å²) in [7, 11) is 0. The summed E-state index contributed by atoms with van der Waals surface area (Å²) >= 11 is 3.45. The van der Waals surface area contributed by atoms with Gasteiger partial charge in [-0.25, -0.2) is 0 Å². The first-order valence-corrected chi connectivity index (χ1v) is 10.0. The fraction of sp³-hybridized carbons (Fsp3) is 0.136. The van der Waals surface area contributed by atoms with E-state index in [0.29, 0.717) is 30.9 Å². The first-order valence-electron chi connectivity index (χ1n) is 9.24. The summed E-state index contributed by atoms with van der Waals surface area (Å²) in [5.74, 6) is 1.18. The summed E-state index contributed by atoms with van der Waals surface area (Å²) in [6.07, 6.45) is 2.50. The molecule has 0 aliphatic rings. The number of rotatable bonds is 7. The SMILES string of the molecule is O=C(NCCc1nnc2ccccn12)c1ccccc1OCc1cccc(Br)c1. The van der Waals surface area contributed by atoms with E-state index in [4.69, 9.17) is 4.74 Å². The molecule has 6 nitrogen and oxygen atoms in total. The smallest absolute Gasteiger partial charge is 0.255 e. The van der Waals surface area contributed by atoms with Gasteiger partial charge in [0.15, 0.2) is 5.65 Å². The zero-order valence-electron chi connectivity index (χ0n) is 15.6. The number of carbonyl (C=O) groups is 1. The molecule has 1 amide bonds. The van der Waals surface area contributed by atoms with Crippen LogP contribution in [0.15, 0.2) is 77.4 Å². The summed E-state index contributed by atoms with van der Waals surface area (Å²) in [4.78, 5) is 12.7. The second kappa shape index (κ2) is 8.87. The van der Waals surface area contributed by atoms with Crippen LogP contribution >= 0.6 is 15.9 Å². The van der Waals surface area contributed by atoms with Gasteiger partial charge in [0.1, 0.15) is 18.2 Å². The average Bonchev–Trinajstić information content (AvgIpc) is 3.16. The van der Waals surface area contributed by atoms with Crippen molar-refractivity contribution in [3.8, 4) is 5.75 Å². The first-order chi connectivity index (χ1) is 14.2. The molecule has 4 aromatic rings. The first kappa shape index (κ1) is 19.1. The monoisotopic (exact) mass is 450 g/mol. The minimum absolute atomic E-state index is 0.177. The van der Waals surface area contributed by atoms with Gasteiger partial charge in [-0.1, -0.05) is 46.3 Å². The van der Waals surface area contributed by atoms with Crippen LogP contribution in [0.1, 0.15) is 21.7 Å². The highest BCUT2D eigenvalue weighted by atomic mass is 79.9. The van der Waals surface area contributed by atoms with Crippen LogP contribution in [-0.4, -0.2) is 27.0 Å². The maximum atomic E-state index is 12.7. The predicted molar refractivity (Wildman–Crippen MR) is 114 cm³/mol. The molecule has 29 heavy (non-hydrogen) atoms. The number of aromatic nitrogens is 3. The Morgan fingerprint density at radius 2 is 1.90 bits per heavy atom. The molecule has 0 bridgehead atoms. The van der Waals surface area contributed by atoms with E-state index in [9.17, 15) is 4.79 Å². The highest BCUT2D eigenvalue weighted by Crippen LogP contribution is 2.20. The van der Waals surface area contributed by atoms with Crippen LogP contribution in [0.3, 0.4) is 0 Å². The topological polar surface area (TPSA) is 68.5 Å². The number of amides is 1. The van der Waals surface area contributed by atoms with Crippen LogP contribution in [0.2, 0.25) is 0 Å². The van der Waals surface area contributed by atoms with E-state index in [1.807, 2.05) is 65.2 Å². The third-order valence-corrected chi connectivity index (χ3v) is 4.93. The van der Waals surface area contributed by atoms with Gasteiger partial charge in [0.25, 0.3) is 5.91 Å². The predicted octanol–water partition coefficient (Wildman–Crippen LogP) is 4.04. The molecule has 0 atom stereocenters. The minimum Gasteiger partial charge on any atom is -0.488 e. The molecule has 0 fully saturated rings. The Labute approximate surface area is 176 Å². The maximum Gasteiger partial charge on any atom is 0.255 e. The largest absolute Gasteiger partial charge is 0.488 e. The van der Waals surface area contributed by atoms with Gasteiger partial charge >= 0.3 is 0 Å². The van der Waals surface area contributed by atoms with Crippen LogP contribution in [-0.2, 0) is 13.0 Å². The van der Waals surface area contributed by atoms with Crippen molar-refractivity contribution in [1.82, 2.24) is 19.9 Å². The zero-order chi connectivity index (χ0) is 20.1. The number of pyridine rings is 1. The molecule has 0 aliphatic carbocycles. The summed E-state index contributed by atoms with van der Waals surface area (Å²) in [6, 6.07) is 20.9. The molecule has 2 heterocycles. The van der Waals surface area contributed by atoms with Gasteiger partial charge in [0.05, 0.1) is 5.56 Å². The zero-order valence-corrected chi connectivity index (χ0v) is 17.2. The summed E-state index contributed by atoms with van der Waals surface area (Å²) in [5.41, 5.74) is 2.32. The quantitative estimate of drug-likeness (QED) is 0.461. The van der Waals surface area contributed by atoms with E-state index in [0.717, 1.165) is 21.5 Å². The van der Waals surface area contributed by atoms with Crippen molar-refractivity contribution in [2.45, 2.75) is 13.0 Å². The van der Waals surface area contributed by atoms with Crippen molar-refractivity contribution in [2.24, 2.45) is 0 Å². The molecule has 146 valence electrons. The highest BCUT2D eigenvalue weighted by Gasteiger charge is 2.13. The molecule has 0 saturated heterocycles. The van der Waals surface area contributed by atoms with E-state index in [-0.39, 0.29) is 5.91 Å². The van der Waals surface area contributed by atoms with E-state index in [1.54, 1.807) is 12.1 Å². The Bertz CT molecular complexity index is 1140. The summed E-state index contributed by atoms with van der Waals surface area (Å²) in [6.45, 7) is 0.837. The molecule has 0 saturated carbocycles. The lowest BCUT2D eigenvalue weighted by atomic mass is 10.2. The van der Waals surface area contributed by atoms with E-state index in [2.05, 4.69) is 31.4 Å². The van der Waals surface area contributed by atoms with Gasteiger partial charge in [-0.2, -0.15) is 0 Å². The number of hydrogen-bond acceptors (Lipinski definition) is 4. The Morgan fingerprint density at radius 3 is 2.79 bits per heavy atom. The summed E-state index contributed by atoms with van der Waals surface area (Å²) in [5, 5.41) is 11.3. The lowest BCUT2D eigenvalue weighted by Gasteiger charge is -2.12. The number of hydrogen-bond donors (Lipinski definition) is 1. The number of nitrogens with zero attached hydrogens (tertiary/aromatic N) is 3. The van der Waals surface area contributed by atoms with Crippen molar-refractivity contribution in [2.75, 3.05) is 6.54 Å². The number of para-hydroxylation sites is 1. The second-order valence-corrected chi connectivity index (χ2v) is 7.38. The van der Waals surface area contributed by atoms with Crippen molar-refractivity contribution >= 4 is 27.5 Å². The van der Waals surface area contributed by atoms with E-state index in [1.165, 1.54) is 0 Å². The van der Waals surface area contributed by atoms with Crippen molar-refractivity contribution in [1.29, 1.82) is 0 Å². The molecular weight excluding hydrogens is 432 g/mol. The molecule has 1 N–H and O–H groups in total. The standard InChI is InChI=1S/C22H19BrN4O2/c23-17-7-5-6-16(14-17)15-29-19-9-2-1-8-18(19)22(28)24-12-11-21-26-25-20-10-3-4-13-27(20)21/h1-10,13-14H,11-12,15H2,(H,24,28). The number of carbonyl (C=O) groups excluding carboxylic acids is 1. The van der Waals surface area contributed by atoms with Gasteiger partial charge in [0.2, 0.25) is 0 Å². The molecule has 4 rings (SSSR count). The highest BCUT2D eigenvalue weighted by molar-refractivity contribution is 9.10. The van der Waals surface area contributed by atoms with Crippen LogP contribution in [0, 0.1) is 0 Å². The van der Waals surface area contributed by atoms with Crippen LogP contribution in [0.5, 0.6) is 5.75 Å². The Hall–Kier alpha value is -3.19. The van der Waals surface area contributed by atoms with Gasteiger partial charge in [-0.3, -0.25) is 9.20 Å². The van der Waals surface area contributed by atoms with Crippen LogP contribution < -0.4 is 10.1 Å². The molecule has 7 heteroatoms. The lowest BCUT2D eigenvalue weighted by molar-refractivity contribution is 0.0949. The van der Waals surface area contributed by atoms with E-state index < -0.39 is 0 Å². The van der Waals surface area contributed by atoms with Gasteiger partial charge in [-0.15, -0.1) is 10.2 Å². The summed E-state index contributed by atoms with van der Waals surface area (Å²) < 4.78 is 8.81. The number of fused-ring (bicyclic) bond motifs is 1. The normalized spacial score (nSPS) is 10.8. The Balaban J connectivity index is 1.38. The molecule has 0 spiro atoms. The number of benzene rings is 2. The minimum atomic E-state index is -0.177. The third-order valence-electron chi connectivity index (χ3n) is 4.43. The van der Waals surface area contributed by atoms with Crippen molar-refractivity contribution in [3.63, 3.8) is 0 Å². The Kier molecular flexibility index (Phi) is 5.86. The van der Waals surface area contributed by atoms with Gasteiger partial charge in [-0.05, 0) is 42.0 Å². The van der Waals surface area contributed by atoms with Gasteiger partial charge in [0, 0.05) is 23.6 Å². The fourth-order valence-corrected chi connectivity index (χ4v) is 3.46. The van der Waals surface area contributed by atoms with E-state index >= 15 is 0 Å². The maximum absolute atomic E-state index is 12.7. The average molecular weight is 451 g/mol. The van der Waals surface area contributed by atoms with Crippen molar-refractivity contribution in [3.05, 3.63) is 94.4 Å². The van der Waals surface area contributed by atoms with Crippen molar-refractivity contribution < 1.29 is 9.53 Å². The molecular formula is C22H19BrN4O2. The molecule has 2 aromatic heterocycles. The molecule has 0 radical (unpaired) electrons. The second-order valence-electron chi connectivity index (χ2n) is 6.47. The Morgan fingerprint density at radius 1 is 1.03 bits per heavy atom. The van der Waals surface area contributed by atoms with Crippen LogP contribution in [0.4, 0.5) is 0 Å². The molecule has 2 aromatic carbocycles. The number of ether oxygens (including phenoxy) is 1. The van der Waals surface area contributed by atoms with Crippen LogP contribution in [0.25, 0.3) is 5.65 Å². The lowest BCUT2D eigenvalue weighted by Crippen LogP contribution is -2.26. The fourth-order valence-electron chi connectivity index (χ4n) is 3.01.